The molecule has 0 unspecified atom stereocenters. The molecule has 1 fully saturated rings. The summed E-state index contributed by atoms with van der Waals surface area (Å²) in [6.45, 7) is 4.30. The van der Waals surface area contributed by atoms with Crippen molar-refractivity contribution in [2.24, 2.45) is 0 Å². The molecule has 2 N–H and O–H groups in total. The Kier molecular flexibility index (Phi) is 3.33. The van der Waals surface area contributed by atoms with Crippen molar-refractivity contribution in [1.82, 2.24) is 5.32 Å². The van der Waals surface area contributed by atoms with Crippen LogP contribution in [-0.4, -0.2) is 11.1 Å². The smallest absolute Gasteiger partial charge is 0.264 e. The molecule has 0 aliphatic carbocycles. The van der Waals surface area contributed by atoms with Crippen LogP contribution in [0, 0.1) is 5.41 Å². The lowest BCUT2D eigenvalue weighted by atomic mass is 10.0. The van der Waals surface area contributed by atoms with Crippen molar-refractivity contribution in [3.05, 3.63) is 40.3 Å². The van der Waals surface area contributed by atoms with Crippen molar-refractivity contribution in [2.45, 2.75) is 19.8 Å². The molecule has 0 atom stereocenters. The number of nitrogens with one attached hydrogen (secondary N) is 2. The van der Waals surface area contributed by atoms with E-state index in [4.69, 9.17) is 5.41 Å². The highest BCUT2D eigenvalue weighted by atomic mass is 32.2. The maximum atomic E-state index is 11.4. The number of carbonyl (C=O) groups is 1. The van der Waals surface area contributed by atoms with Crippen molar-refractivity contribution in [3.8, 4) is 0 Å². The number of amides is 1. The fourth-order valence-electron chi connectivity index (χ4n) is 1.57. The summed E-state index contributed by atoms with van der Waals surface area (Å²) >= 11 is 1.16. The molecule has 0 radical (unpaired) electrons. The third kappa shape index (κ3) is 2.77. The van der Waals surface area contributed by atoms with E-state index in [1.54, 1.807) is 0 Å². The minimum absolute atomic E-state index is 0.187. The predicted molar refractivity (Wildman–Crippen MR) is 72.0 cm³/mol. The second-order valence-electron chi connectivity index (χ2n) is 4.22. The Balaban J connectivity index is 2.21. The van der Waals surface area contributed by atoms with Crippen molar-refractivity contribution in [2.75, 3.05) is 0 Å². The molecule has 2 rings (SSSR count). The third-order valence-electron chi connectivity index (χ3n) is 2.56. The monoisotopic (exact) mass is 246 g/mol. The van der Waals surface area contributed by atoms with Gasteiger partial charge in [-0.15, -0.1) is 0 Å². The van der Waals surface area contributed by atoms with Gasteiger partial charge in [0.05, 0.1) is 4.91 Å². The van der Waals surface area contributed by atoms with Crippen LogP contribution in [0.25, 0.3) is 6.08 Å². The molecule has 1 heterocycles. The first-order valence-corrected chi connectivity index (χ1v) is 6.27. The molecule has 4 heteroatoms. The van der Waals surface area contributed by atoms with Crippen LogP contribution in [0.15, 0.2) is 29.2 Å². The summed E-state index contributed by atoms with van der Waals surface area (Å²) in [7, 11) is 0. The Bertz CT molecular complexity index is 489. The maximum absolute atomic E-state index is 11.4. The molecular formula is C13H14N2OS. The number of benzene rings is 1. The van der Waals surface area contributed by atoms with E-state index in [0.717, 1.165) is 17.3 Å². The van der Waals surface area contributed by atoms with E-state index in [9.17, 15) is 4.79 Å². The molecule has 0 aromatic heterocycles. The Morgan fingerprint density at radius 1 is 1.29 bits per heavy atom. The van der Waals surface area contributed by atoms with Crippen LogP contribution < -0.4 is 5.32 Å². The van der Waals surface area contributed by atoms with Gasteiger partial charge in [-0.2, -0.15) is 0 Å². The van der Waals surface area contributed by atoms with E-state index in [-0.39, 0.29) is 11.1 Å². The second-order valence-corrected chi connectivity index (χ2v) is 5.27. The van der Waals surface area contributed by atoms with Crippen molar-refractivity contribution < 1.29 is 4.79 Å². The van der Waals surface area contributed by atoms with Crippen LogP contribution >= 0.6 is 11.8 Å². The number of amidine groups is 1. The van der Waals surface area contributed by atoms with Gasteiger partial charge >= 0.3 is 0 Å². The number of carbonyl (C=O) groups excluding carboxylic acids is 1. The van der Waals surface area contributed by atoms with E-state index in [0.29, 0.717) is 10.8 Å². The van der Waals surface area contributed by atoms with Gasteiger partial charge in [-0.25, -0.2) is 0 Å². The molecule has 0 spiro atoms. The predicted octanol–water partition coefficient (Wildman–Crippen LogP) is 2.95. The minimum Gasteiger partial charge on any atom is -0.301 e. The molecule has 0 saturated carbocycles. The van der Waals surface area contributed by atoms with Crippen molar-refractivity contribution >= 4 is 28.9 Å². The summed E-state index contributed by atoms with van der Waals surface area (Å²) in [5.41, 5.74) is 2.27. The van der Waals surface area contributed by atoms with Gasteiger partial charge in [0.25, 0.3) is 5.91 Å². The van der Waals surface area contributed by atoms with Crippen LogP contribution in [0.2, 0.25) is 0 Å². The normalized spacial score (nSPS) is 17.9. The summed E-state index contributed by atoms with van der Waals surface area (Å²) in [4.78, 5) is 12.0. The molecule has 1 aromatic carbocycles. The SMILES string of the molecule is CC(C)c1ccc(/C=C2\SC(=N)NC2=O)cc1. The highest BCUT2D eigenvalue weighted by Gasteiger charge is 2.21. The lowest BCUT2D eigenvalue weighted by Crippen LogP contribution is -2.18. The molecule has 88 valence electrons. The van der Waals surface area contributed by atoms with Crippen molar-refractivity contribution in [3.63, 3.8) is 0 Å². The van der Waals surface area contributed by atoms with Gasteiger partial charge in [0, 0.05) is 0 Å². The highest BCUT2D eigenvalue weighted by Crippen LogP contribution is 2.25. The molecule has 17 heavy (non-hydrogen) atoms. The maximum Gasteiger partial charge on any atom is 0.264 e. The molecule has 3 nitrogen and oxygen atoms in total. The zero-order chi connectivity index (χ0) is 12.4. The molecule has 1 amide bonds. The first kappa shape index (κ1) is 11.9. The Labute approximate surface area is 105 Å². The lowest BCUT2D eigenvalue weighted by Gasteiger charge is -2.04. The van der Waals surface area contributed by atoms with Crippen molar-refractivity contribution in [1.29, 1.82) is 5.41 Å². The van der Waals surface area contributed by atoms with Gasteiger partial charge in [0.1, 0.15) is 0 Å². The molecule has 1 aliphatic heterocycles. The van der Waals surface area contributed by atoms with Gasteiger partial charge in [-0.3, -0.25) is 10.2 Å². The average molecular weight is 246 g/mol. The van der Waals surface area contributed by atoms with Gasteiger partial charge in [0.2, 0.25) is 0 Å². The standard InChI is InChI=1S/C13H14N2OS/c1-8(2)10-5-3-9(4-6-10)7-11-12(16)15-13(14)17-11/h3-8H,1-2H3,(H2,14,15,16)/b11-7-. The van der Waals surface area contributed by atoms with Gasteiger partial charge < -0.3 is 5.32 Å². The third-order valence-corrected chi connectivity index (χ3v) is 3.39. The molecule has 1 aliphatic rings. The van der Waals surface area contributed by atoms with Crippen LogP contribution in [0.5, 0.6) is 0 Å². The summed E-state index contributed by atoms with van der Waals surface area (Å²) < 4.78 is 0. The van der Waals surface area contributed by atoms with Crippen LogP contribution in [0.4, 0.5) is 0 Å². The molecule has 0 bridgehead atoms. The summed E-state index contributed by atoms with van der Waals surface area (Å²) in [6.07, 6.45) is 1.81. The number of thioether (sulfide) groups is 1. The van der Waals surface area contributed by atoms with E-state index in [1.165, 1.54) is 5.56 Å². The lowest BCUT2D eigenvalue weighted by molar-refractivity contribution is -0.115. The summed E-state index contributed by atoms with van der Waals surface area (Å²) in [6, 6.07) is 8.13. The summed E-state index contributed by atoms with van der Waals surface area (Å²) in [5, 5.41) is 10.0. The average Bonchev–Trinajstić information content (AvgIpc) is 2.58. The Morgan fingerprint density at radius 3 is 2.41 bits per heavy atom. The Hall–Kier alpha value is -1.55. The molecular weight excluding hydrogens is 232 g/mol. The van der Waals surface area contributed by atoms with Crippen LogP contribution in [0.1, 0.15) is 30.9 Å². The van der Waals surface area contributed by atoms with Gasteiger partial charge in [-0.1, -0.05) is 38.1 Å². The minimum atomic E-state index is -0.187. The van der Waals surface area contributed by atoms with E-state index in [2.05, 4.69) is 31.3 Å². The fraction of sp³-hybridized carbons (Fsp3) is 0.231. The zero-order valence-corrected chi connectivity index (χ0v) is 10.6. The number of hydrogen-bond donors (Lipinski definition) is 2. The molecule has 1 aromatic rings. The van der Waals surface area contributed by atoms with E-state index < -0.39 is 0 Å². The van der Waals surface area contributed by atoms with Crippen LogP contribution in [-0.2, 0) is 4.79 Å². The highest BCUT2D eigenvalue weighted by molar-refractivity contribution is 8.18. The zero-order valence-electron chi connectivity index (χ0n) is 9.78. The topological polar surface area (TPSA) is 53.0 Å². The van der Waals surface area contributed by atoms with Gasteiger partial charge in [-0.05, 0) is 34.9 Å². The van der Waals surface area contributed by atoms with E-state index in [1.807, 2.05) is 18.2 Å². The van der Waals surface area contributed by atoms with Crippen LogP contribution in [0.3, 0.4) is 0 Å². The first-order valence-electron chi connectivity index (χ1n) is 5.45. The summed E-state index contributed by atoms with van der Waals surface area (Å²) in [5.74, 6) is 0.321. The fourth-order valence-corrected chi connectivity index (χ4v) is 2.27. The quantitative estimate of drug-likeness (QED) is 0.788. The van der Waals surface area contributed by atoms with E-state index >= 15 is 0 Å². The van der Waals surface area contributed by atoms with Gasteiger partial charge in [0.15, 0.2) is 5.17 Å². The Morgan fingerprint density at radius 2 is 1.94 bits per heavy atom. The second kappa shape index (κ2) is 4.75. The first-order chi connectivity index (χ1) is 8.06. The molecule has 1 saturated heterocycles. The largest absolute Gasteiger partial charge is 0.301 e. The number of hydrogen-bond acceptors (Lipinski definition) is 3. The number of rotatable bonds is 2.